The molecule has 52 valence electrons. The molecule has 0 saturated carbocycles. The minimum absolute atomic E-state index is 1.01. The minimum Gasteiger partial charge on any atom is -0.174 e. The Morgan fingerprint density at radius 2 is 2.00 bits per heavy atom. The van der Waals surface area contributed by atoms with Gasteiger partial charge in [0.2, 0.25) is 0 Å². The molecule has 11 heavy (non-hydrogen) atoms. The van der Waals surface area contributed by atoms with Crippen molar-refractivity contribution < 1.29 is 0 Å². The Morgan fingerprint density at radius 1 is 1.27 bits per heavy atom. The highest BCUT2D eigenvalue weighted by molar-refractivity contribution is 7.00. The molecule has 0 fully saturated rings. The van der Waals surface area contributed by atoms with Gasteiger partial charge >= 0.3 is 0 Å². The maximum Gasteiger partial charge on any atom is 0.179 e. The lowest BCUT2D eigenvalue weighted by Gasteiger charge is -1.95. The van der Waals surface area contributed by atoms with Crippen LogP contribution < -0.4 is 4.43 Å². The smallest absolute Gasteiger partial charge is 0.174 e. The fraction of sp³-hybridized carbons (Fsp3) is 0.143. The average molecular weight is 176 g/mol. The van der Waals surface area contributed by atoms with E-state index >= 15 is 0 Å². The summed E-state index contributed by atoms with van der Waals surface area (Å²) in [6.07, 6.45) is 0. The van der Waals surface area contributed by atoms with Gasteiger partial charge < -0.3 is 0 Å². The lowest BCUT2D eigenvalue weighted by Crippen LogP contribution is -2.03. The third-order valence-electron chi connectivity index (χ3n) is 1.65. The van der Waals surface area contributed by atoms with Crippen LogP contribution in [0, 0.1) is 6.92 Å². The SMILES string of the molecule is Cc1cc[c]([Al])c2nsnc12. The van der Waals surface area contributed by atoms with Crippen LogP contribution in [0.4, 0.5) is 0 Å². The van der Waals surface area contributed by atoms with Crippen molar-refractivity contribution >= 4 is 43.5 Å². The van der Waals surface area contributed by atoms with E-state index in [-0.39, 0.29) is 0 Å². The quantitative estimate of drug-likeness (QED) is 0.555. The van der Waals surface area contributed by atoms with Crippen molar-refractivity contribution in [1.29, 1.82) is 0 Å². The summed E-state index contributed by atoms with van der Waals surface area (Å²) in [5, 5.41) is 0. The number of aromatic nitrogens is 2. The predicted molar refractivity (Wildman–Crippen MR) is 47.5 cm³/mol. The normalized spacial score (nSPS) is 10.6. The van der Waals surface area contributed by atoms with Gasteiger partial charge in [-0.1, -0.05) is 12.1 Å². The molecule has 0 bridgehead atoms. The Hall–Kier alpha value is -0.428. The molecule has 1 heterocycles. The molecule has 0 aliphatic rings. The predicted octanol–water partition coefficient (Wildman–Crippen LogP) is 0.794. The summed E-state index contributed by atoms with van der Waals surface area (Å²) in [5.41, 5.74) is 3.24. The Bertz CT molecular complexity index is 360. The van der Waals surface area contributed by atoms with Gasteiger partial charge in [-0.2, -0.15) is 8.75 Å². The molecule has 2 aromatic rings. The fourth-order valence-electron chi connectivity index (χ4n) is 1.01. The number of fused-ring (bicyclic) bond motifs is 1. The molecule has 0 aliphatic carbocycles. The van der Waals surface area contributed by atoms with Crippen molar-refractivity contribution in [2.45, 2.75) is 6.92 Å². The van der Waals surface area contributed by atoms with Gasteiger partial charge in [-0.3, -0.25) is 0 Å². The van der Waals surface area contributed by atoms with Gasteiger partial charge in [-0.25, -0.2) is 0 Å². The van der Waals surface area contributed by atoms with Crippen LogP contribution in [0.25, 0.3) is 11.0 Å². The summed E-state index contributed by atoms with van der Waals surface area (Å²) >= 11 is 3.93. The molecule has 0 amide bonds. The topological polar surface area (TPSA) is 25.8 Å². The lowest BCUT2D eigenvalue weighted by molar-refractivity contribution is 1.49. The number of hydrogen-bond acceptors (Lipinski definition) is 3. The van der Waals surface area contributed by atoms with Crippen LogP contribution in [0.2, 0.25) is 0 Å². The third kappa shape index (κ3) is 1.08. The van der Waals surface area contributed by atoms with Crippen LogP contribution in [0.1, 0.15) is 5.56 Å². The largest absolute Gasteiger partial charge is 0.179 e. The molecule has 0 atom stereocenters. The monoisotopic (exact) mass is 176 g/mol. The van der Waals surface area contributed by atoms with E-state index in [1.54, 1.807) is 0 Å². The summed E-state index contributed by atoms with van der Waals surface area (Å²) < 4.78 is 9.51. The molecule has 0 spiro atoms. The molecule has 1 aromatic carbocycles. The second kappa shape index (κ2) is 2.56. The second-order valence-electron chi connectivity index (χ2n) is 2.43. The first kappa shape index (κ1) is 7.23. The Labute approximate surface area is 77.0 Å². The molecule has 0 N–H and O–H groups in total. The first-order chi connectivity index (χ1) is 5.29. The van der Waals surface area contributed by atoms with Gasteiger partial charge in [-0.15, -0.1) is 4.43 Å². The van der Waals surface area contributed by atoms with E-state index in [2.05, 4.69) is 31.1 Å². The molecule has 0 unspecified atom stereocenters. The van der Waals surface area contributed by atoms with Gasteiger partial charge in [0.05, 0.1) is 17.2 Å². The molecule has 2 nitrogen and oxygen atoms in total. The summed E-state index contributed by atoms with van der Waals surface area (Å²) in [7, 11) is 0. The Balaban J connectivity index is 2.96. The fourth-order valence-corrected chi connectivity index (χ4v) is 2.03. The Morgan fingerprint density at radius 3 is 2.73 bits per heavy atom. The van der Waals surface area contributed by atoms with Crippen LogP contribution in [0.3, 0.4) is 0 Å². The number of aryl methyl sites for hydroxylation is 1. The van der Waals surface area contributed by atoms with Crippen LogP contribution >= 0.6 is 11.7 Å². The highest BCUT2D eigenvalue weighted by atomic mass is 32.1. The molecular formula is C7H5AlN2S. The number of nitrogens with zero attached hydrogens (tertiary/aromatic N) is 2. The molecule has 2 rings (SSSR count). The van der Waals surface area contributed by atoms with Crippen molar-refractivity contribution in [3.63, 3.8) is 0 Å². The highest BCUT2D eigenvalue weighted by Gasteiger charge is 2.02. The molecule has 4 heteroatoms. The lowest BCUT2D eigenvalue weighted by atomic mass is 10.2. The standard InChI is InChI=1S/C7H5N2S.Al/c1-5-3-2-4-6-7(5)9-10-8-6;/h2-3H,1H3;. The van der Waals surface area contributed by atoms with E-state index in [0.29, 0.717) is 0 Å². The van der Waals surface area contributed by atoms with Crippen molar-refractivity contribution in [2.75, 3.05) is 0 Å². The maximum atomic E-state index is 4.20. The van der Waals surface area contributed by atoms with Crippen LogP contribution in [0.15, 0.2) is 12.1 Å². The minimum atomic E-state index is 1.01. The van der Waals surface area contributed by atoms with E-state index < -0.39 is 0 Å². The van der Waals surface area contributed by atoms with Crippen LogP contribution in [-0.2, 0) is 0 Å². The first-order valence-corrected chi connectivity index (χ1v) is 4.57. The van der Waals surface area contributed by atoms with Gasteiger partial charge in [-0.05, 0) is 12.5 Å². The van der Waals surface area contributed by atoms with E-state index in [1.165, 1.54) is 17.3 Å². The molecule has 1 aromatic heterocycles. The van der Waals surface area contributed by atoms with E-state index in [9.17, 15) is 0 Å². The highest BCUT2D eigenvalue weighted by Crippen LogP contribution is 2.12. The molecule has 2 radical (unpaired) electrons. The van der Waals surface area contributed by atoms with Gasteiger partial charge in [0.25, 0.3) is 0 Å². The number of rotatable bonds is 0. The molecule has 0 aliphatic heterocycles. The van der Waals surface area contributed by atoms with Gasteiger partial charge in [0, 0.05) is 0 Å². The second-order valence-corrected chi connectivity index (χ2v) is 3.58. The van der Waals surface area contributed by atoms with E-state index in [0.717, 1.165) is 15.5 Å². The zero-order chi connectivity index (χ0) is 7.84. The van der Waals surface area contributed by atoms with Crippen molar-refractivity contribution in [1.82, 2.24) is 8.75 Å². The Kier molecular flexibility index (Phi) is 1.68. The summed E-state index contributed by atoms with van der Waals surface area (Å²) in [6.45, 7) is 2.05. The van der Waals surface area contributed by atoms with E-state index in [1.807, 2.05) is 13.0 Å². The summed E-state index contributed by atoms with van der Waals surface area (Å²) in [6, 6.07) is 4.11. The summed E-state index contributed by atoms with van der Waals surface area (Å²) in [4.78, 5) is 0. The number of hydrogen-bond donors (Lipinski definition) is 0. The molecular weight excluding hydrogens is 171 g/mol. The number of benzene rings is 1. The van der Waals surface area contributed by atoms with Crippen molar-refractivity contribution in [3.05, 3.63) is 17.7 Å². The zero-order valence-corrected chi connectivity index (χ0v) is 8.01. The van der Waals surface area contributed by atoms with Crippen molar-refractivity contribution in [3.8, 4) is 0 Å². The average Bonchev–Trinajstić information content (AvgIpc) is 2.45. The first-order valence-electron chi connectivity index (χ1n) is 3.26. The summed E-state index contributed by atoms with van der Waals surface area (Å²) in [5.74, 6) is 0. The zero-order valence-electron chi connectivity index (χ0n) is 6.03. The van der Waals surface area contributed by atoms with Crippen LogP contribution in [0.5, 0.6) is 0 Å². The third-order valence-corrected chi connectivity index (χ3v) is 2.64. The van der Waals surface area contributed by atoms with Crippen LogP contribution in [-0.4, -0.2) is 25.0 Å². The maximum absolute atomic E-state index is 4.20. The van der Waals surface area contributed by atoms with Gasteiger partial charge in [0.15, 0.2) is 16.3 Å². The van der Waals surface area contributed by atoms with E-state index in [4.69, 9.17) is 0 Å². The molecule has 0 saturated heterocycles. The van der Waals surface area contributed by atoms with Crippen molar-refractivity contribution in [2.24, 2.45) is 0 Å². The van der Waals surface area contributed by atoms with Gasteiger partial charge in [0.1, 0.15) is 5.52 Å².